The van der Waals surface area contributed by atoms with Gasteiger partial charge in [0, 0.05) is 49.9 Å². The first-order valence-electron chi connectivity index (χ1n) is 13.9. The van der Waals surface area contributed by atoms with Gasteiger partial charge in [0.1, 0.15) is 23.8 Å². The van der Waals surface area contributed by atoms with E-state index >= 15 is 0 Å². The molecule has 0 saturated carbocycles. The van der Waals surface area contributed by atoms with Crippen LogP contribution < -0.4 is 19.1 Å². The minimum absolute atomic E-state index is 0.0403. The van der Waals surface area contributed by atoms with E-state index in [9.17, 15) is 9.59 Å². The second kappa shape index (κ2) is 13.8. The fourth-order valence-corrected chi connectivity index (χ4v) is 4.76. The number of carbonyl (C=O) groups excluding carboxylic acids is 2. The van der Waals surface area contributed by atoms with Crippen LogP contribution in [0.4, 0.5) is 5.82 Å². The second-order valence-electron chi connectivity index (χ2n) is 10.1. The van der Waals surface area contributed by atoms with Gasteiger partial charge in [-0.25, -0.2) is 0 Å². The van der Waals surface area contributed by atoms with Gasteiger partial charge in [0.05, 0.1) is 27.0 Å². The number of rotatable bonds is 11. The molecule has 10 heteroatoms. The highest BCUT2D eigenvalue weighted by atomic mass is 16.5. The molecule has 0 radical (unpaired) electrons. The highest BCUT2D eigenvalue weighted by Crippen LogP contribution is 2.32. The lowest BCUT2D eigenvalue weighted by atomic mass is 10.1. The molecule has 0 bridgehead atoms. The van der Waals surface area contributed by atoms with Crippen LogP contribution in [0.3, 0.4) is 0 Å². The summed E-state index contributed by atoms with van der Waals surface area (Å²) in [6.45, 7) is 7.06. The zero-order chi connectivity index (χ0) is 29.4. The molecule has 3 aromatic rings. The summed E-state index contributed by atoms with van der Waals surface area (Å²) in [6, 6.07) is 16.5. The molecule has 1 fully saturated rings. The monoisotopic (exact) mass is 561 g/mol. The Balaban J connectivity index is 1.38. The van der Waals surface area contributed by atoms with E-state index in [0.717, 1.165) is 17.8 Å². The number of methoxy groups -OCH3 is 3. The van der Waals surface area contributed by atoms with Crippen molar-refractivity contribution in [3.8, 4) is 28.5 Å². The maximum Gasteiger partial charge on any atom is 0.254 e. The van der Waals surface area contributed by atoms with E-state index in [2.05, 4.69) is 28.9 Å². The number of amides is 2. The molecule has 2 heterocycles. The number of aromatic nitrogens is 2. The van der Waals surface area contributed by atoms with Crippen LogP contribution >= 0.6 is 0 Å². The number of ether oxygens (including phenoxy) is 3. The Bertz CT molecular complexity index is 1320. The molecule has 10 nitrogen and oxygen atoms in total. The van der Waals surface area contributed by atoms with Gasteiger partial charge < -0.3 is 28.9 Å². The zero-order valence-electron chi connectivity index (χ0n) is 24.5. The predicted octanol–water partition coefficient (Wildman–Crippen LogP) is 4.01. The molecule has 1 atom stereocenters. The van der Waals surface area contributed by atoms with Crippen LogP contribution in [-0.4, -0.2) is 92.4 Å². The number of anilines is 1. The molecule has 1 saturated heterocycles. The molecule has 41 heavy (non-hydrogen) atoms. The van der Waals surface area contributed by atoms with Gasteiger partial charge in [-0.3, -0.25) is 9.59 Å². The van der Waals surface area contributed by atoms with Gasteiger partial charge in [-0.2, -0.15) is 0 Å². The zero-order valence-corrected chi connectivity index (χ0v) is 24.5. The van der Waals surface area contributed by atoms with Gasteiger partial charge in [0.15, 0.2) is 5.82 Å². The first kappa shape index (κ1) is 29.6. The van der Waals surface area contributed by atoms with Crippen LogP contribution in [0.1, 0.15) is 30.6 Å². The molecule has 0 N–H and O–H groups in total. The number of nitrogens with zero attached hydrogens (tertiary/aromatic N) is 5. The van der Waals surface area contributed by atoms with Crippen molar-refractivity contribution in [1.29, 1.82) is 0 Å². The van der Waals surface area contributed by atoms with E-state index in [1.807, 2.05) is 35.2 Å². The van der Waals surface area contributed by atoms with Crippen LogP contribution in [0.2, 0.25) is 0 Å². The van der Waals surface area contributed by atoms with Crippen LogP contribution in [0, 0.1) is 5.92 Å². The first-order chi connectivity index (χ1) is 19.9. The van der Waals surface area contributed by atoms with Crippen molar-refractivity contribution in [2.45, 2.75) is 20.3 Å². The lowest BCUT2D eigenvalue weighted by Crippen LogP contribution is -2.52. The molecule has 1 aliphatic heterocycles. The van der Waals surface area contributed by atoms with E-state index in [-0.39, 0.29) is 24.3 Å². The summed E-state index contributed by atoms with van der Waals surface area (Å²) in [7, 11) is 4.79. The van der Waals surface area contributed by atoms with Crippen molar-refractivity contribution in [2.75, 3.05) is 65.5 Å². The molecule has 0 aliphatic carbocycles. The standard InChI is InChI=1S/C31H39N5O5/c1-6-22(2)20-36(31(38)23-8-7-9-24(18-23)39-3)21-30(37)35-16-14-34(15-17-35)29-13-12-27(32-33-29)26-11-10-25(40-4)19-28(26)41-5/h7-13,18-19,22H,6,14-17,20-21H2,1-5H3/t22-/m0/s1. The largest absolute Gasteiger partial charge is 0.497 e. The maximum absolute atomic E-state index is 13.4. The molecular formula is C31H39N5O5. The molecule has 0 unspecified atom stereocenters. The van der Waals surface area contributed by atoms with Gasteiger partial charge in [-0.05, 0) is 48.4 Å². The van der Waals surface area contributed by atoms with Gasteiger partial charge in [0.25, 0.3) is 5.91 Å². The summed E-state index contributed by atoms with van der Waals surface area (Å²) in [4.78, 5) is 32.3. The third-order valence-electron chi connectivity index (χ3n) is 7.45. The van der Waals surface area contributed by atoms with Crippen molar-refractivity contribution in [2.24, 2.45) is 5.92 Å². The number of benzene rings is 2. The quantitative estimate of drug-likeness (QED) is 0.347. The van der Waals surface area contributed by atoms with Crippen molar-refractivity contribution >= 4 is 17.6 Å². The van der Waals surface area contributed by atoms with E-state index in [1.165, 1.54) is 0 Å². The Morgan fingerprint density at radius 3 is 2.27 bits per heavy atom. The van der Waals surface area contributed by atoms with E-state index in [4.69, 9.17) is 14.2 Å². The molecular weight excluding hydrogens is 522 g/mol. The Labute approximate surface area is 241 Å². The Kier molecular flexibility index (Phi) is 10.00. The van der Waals surface area contributed by atoms with Gasteiger partial charge in [-0.15, -0.1) is 10.2 Å². The summed E-state index contributed by atoms with van der Waals surface area (Å²) >= 11 is 0. The van der Waals surface area contributed by atoms with Crippen molar-refractivity contribution in [3.63, 3.8) is 0 Å². The first-order valence-corrected chi connectivity index (χ1v) is 13.9. The van der Waals surface area contributed by atoms with Crippen LogP contribution in [0.5, 0.6) is 17.2 Å². The molecule has 1 aliphatic rings. The molecule has 4 rings (SSSR count). The molecule has 218 valence electrons. The maximum atomic E-state index is 13.4. The van der Waals surface area contributed by atoms with Gasteiger partial charge in [-0.1, -0.05) is 26.3 Å². The molecule has 2 aromatic carbocycles. The Hall–Kier alpha value is -4.34. The normalized spacial score (nSPS) is 13.9. The highest BCUT2D eigenvalue weighted by Gasteiger charge is 2.27. The Morgan fingerprint density at radius 2 is 1.63 bits per heavy atom. The number of hydrogen-bond acceptors (Lipinski definition) is 8. The van der Waals surface area contributed by atoms with Gasteiger partial charge >= 0.3 is 0 Å². The average Bonchev–Trinajstić information content (AvgIpc) is 3.03. The number of piperazine rings is 1. The van der Waals surface area contributed by atoms with Gasteiger partial charge in [0.2, 0.25) is 5.91 Å². The minimum Gasteiger partial charge on any atom is -0.497 e. The number of carbonyl (C=O) groups is 2. The third-order valence-corrected chi connectivity index (χ3v) is 7.45. The lowest BCUT2D eigenvalue weighted by Gasteiger charge is -2.36. The summed E-state index contributed by atoms with van der Waals surface area (Å²) < 4.78 is 16.1. The fourth-order valence-electron chi connectivity index (χ4n) is 4.76. The summed E-state index contributed by atoms with van der Waals surface area (Å²) in [5.41, 5.74) is 2.04. The van der Waals surface area contributed by atoms with Crippen molar-refractivity contribution < 1.29 is 23.8 Å². The summed E-state index contributed by atoms with van der Waals surface area (Å²) in [5.74, 6) is 2.77. The highest BCUT2D eigenvalue weighted by molar-refractivity contribution is 5.97. The van der Waals surface area contributed by atoms with Crippen molar-refractivity contribution in [3.05, 3.63) is 60.2 Å². The number of hydrogen-bond donors (Lipinski definition) is 0. The fraction of sp³-hybridized carbons (Fsp3) is 0.419. The summed E-state index contributed by atoms with van der Waals surface area (Å²) in [5, 5.41) is 8.88. The van der Waals surface area contributed by atoms with E-state index in [0.29, 0.717) is 61.2 Å². The molecule has 2 amide bonds. The SMILES string of the molecule is CC[C@H](C)CN(CC(=O)N1CCN(c2ccc(-c3ccc(OC)cc3OC)nn2)CC1)C(=O)c1cccc(OC)c1. The lowest BCUT2D eigenvalue weighted by molar-refractivity contribution is -0.132. The predicted molar refractivity (Wildman–Crippen MR) is 158 cm³/mol. The third kappa shape index (κ3) is 7.25. The van der Waals surface area contributed by atoms with Crippen molar-refractivity contribution in [1.82, 2.24) is 20.0 Å². The van der Waals surface area contributed by atoms with E-state index in [1.54, 1.807) is 50.5 Å². The minimum atomic E-state index is -0.167. The van der Waals surface area contributed by atoms with Crippen LogP contribution in [0.15, 0.2) is 54.6 Å². The average molecular weight is 562 g/mol. The van der Waals surface area contributed by atoms with Crippen LogP contribution in [-0.2, 0) is 4.79 Å². The summed E-state index contributed by atoms with van der Waals surface area (Å²) in [6.07, 6.45) is 0.916. The smallest absolute Gasteiger partial charge is 0.254 e. The molecule has 1 aromatic heterocycles. The second-order valence-corrected chi connectivity index (χ2v) is 10.1. The topological polar surface area (TPSA) is 97.3 Å². The Morgan fingerprint density at radius 1 is 0.902 bits per heavy atom. The van der Waals surface area contributed by atoms with Crippen LogP contribution in [0.25, 0.3) is 11.3 Å². The molecule has 0 spiro atoms. The van der Waals surface area contributed by atoms with E-state index < -0.39 is 0 Å².